The molecule has 0 aromatic heterocycles. The number of allylic oxidation sites excluding steroid dienone is 2. The molecule has 31 heavy (non-hydrogen) atoms. The van der Waals surface area contributed by atoms with Gasteiger partial charge in [-0.05, 0) is 55.7 Å². The Balaban J connectivity index is 1.71. The molecule has 0 spiro atoms. The number of halogens is 3. The van der Waals surface area contributed by atoms with Gasteiger partial charge in [-0.3, -0.25) is 0 Å². The number of hydrogen-bond donors (Lipinski definition) is 0. The van der Waals surface area contributed by atoms with Crippen molar-refractivity contribution in [1.82, 2.24) is 0 Å². The lowest BCUT2D eigenvalue weighted by Crippen LogP contribution is -2.14. The first kappa shape index (κ1) is 22.7. The first-order valence-corrected chi connectivity index (χ1v) is 10.3. The fraction of sp³-hybridized carbons (Fsp3) is 0.375. The molecule has 0 fully saturated rings. The van der Waals surface area contributed by atoms with E-state index in [1.54, 1.807) is 31.2 Å². The van der Waals surface area contributed by atoms with Crippen molar-refractivity contribution in [2.45, 2.75) is 45.5 Å². The Morgan fingerprint density at radius 2 is 1.84 bits per heavy atom. The average Bonchev–Trinajstić information content (AvgIpc) is 2.76. The maximum absolute atomic E-state index is 14.5. The van der Waals surface area contributed by atoms with Crippen molar-refractivity contribution in [3.8, 4) is 11.5 Å². The van der Waals surface area contributed by atoms with Crippen molar-refractivity contribution >= 4 is 5.97 Å². The van der Waals surface area contributed by atoms with E-state index in [1.807, 2.05) is 0 Å². The molecule has 0 amide bonds. The molecule has 1 aliphatic rings. The first-order valence-electron chi connectivity index (χ1n) is 10.3. The second-order valence-electron chi connectivity index (χ2n) is 7.20. The molecule has 0 N–H and O–H groups in total. The van der Waals surface area contributed by atoms with Gasteiger partial charge < -0.3 is 14.2 Å². The van der Waals surface area contributed by atoms with Gasteiger partial charge in [-0.2, -0.15) is 0 Å². The molecule has 2 aromatic rings. The zero-order valence-corrected chi connectivity index (χ0v) is 17.5. The van der Waals surface area contributed by atoms with Crippen molar-refractivity contribution in [2.75, 3.05) is 13.2 Å². The topological polar surface area (TPSA) is 44.8 Å². The lowest BCUT2D eigenvalue weighted by atomic mass is 9.93. The Kier molecular flexibility index (Phi) is 7.60. The molecule has 3 rings (SSSR count). The monoisotopic (exact) mass is 434 g/mol. The van der Waals surface area contributed by atoms with Crippen LogP contribution in [0.25, 0.3) is 0 Å². The maximum atomic E-state index is 14.5. The van der Waals surface area contributed by atoms with Crippen LogP contribution in [0.5, 0.6) is 11.5 Å². The Bertz CT molecular complexity index is 939. The van der Waals surface area contributed by atoms with Crippen LogP contribution in [0.3, 0.4) is 0 Å². The summed E-state index contributed by atoms with van der Waals surface area (Å²) < 4.78 is 56.9. The Morgan fingerprint density at radius 3 is 2.42 bits per heavy atom. The number of hydrogen-bond acceptors (Lipinski definition) is 4. The Morgan fingerprint density at radius 1 is 1.13 bits per heavy atom. The van der Waals surface area contributed by atoms with Gasteiger partial charge in [-0.1, -0.05) is 19.1 Å². The number of rotatable bonds is 8. The van der Waals surface area contributed by atoms with Crippen LogP contribution in [0.15, 0.2) is 48.2 Å². The highest BCUT2D eigenvalue weighted by Gasteiger charge is 2.25. The molecule has 0 saturated carbocycles. The number of alkyl halides is 2. The van der Waals surface area contributed by atoms with Crippen LogP contribution in [0, 0.1) is 5.82 Å². The van der Waals surface area contributed by atoms with E-state index in [0.717, 1.165) is 36.7 Å². The molecule has 1 aliphatic heterocycles. The zero-order valence-electron chi connectivity index (χ0n) is 17.5. The van der Waals surface area contributed by atoms with E-state index in [9.17, 15) is 18.0 Å². The van der Waals surface area contributed by atoms with Gasteiger partial charge in [-0.25, -0.2) is 18.0 Å². The van der Waals surface area contributed by atoms with Crippen LogP contribution in [0.1, 0.15) is 66.9 Å². The van der Waals surface area contributed by atoms with Crippen molar-refractivity contribution in [1.29, 1.82) is 0 Å². The molecule has 7 heteroatoms. The van der Waals surface area contributed by atoms with Gasteiger partial charge in [0, 0.05) is 12.3 Å². The number of carbonyl (C=O) groups is 1. The van der Waals surface area contributed by atoms with Gasteiger partial charge >= 0.3 is 5.97 Å². The minimum atomic E-state index is -3.11. The van der Waals surface area contributed by atoms with E-state index in [-0.39, 0.29) is 23.8 Å². The summed E-state index contributed by atoms with van der Waals surface area (Å²) in [6.07, 6.45) is 1.79. The SMILES string of the molecule is CCCC1=CCC(c2ccc(C(=O)Oc3ccc(OCC)c(C(F)F)c3F)cc2)CO1. The highest BCUT2D eigenvalue weighted by atomic mass is 19.3. The number of ether oxygens (including phenoxy) is 3. The molecule has 4 nitrogen and oxygen atoms in total. The lowest BCUT2D eigenvalue weighted by molar-refractivity contribution is 0.0723. The summed E-state index contributed by atoms with van der Waals surface area (Å²) in [5.74, 6) is -1.78. The van der Waals surface area contributed by atoms with Gasteiger partial charge in [0.2, 0.25) is 0 Å². The predicted molar refractivity (Wildman–Crippen MR) is 110 cm³/mol. The normalized spacial score (nSPS) is 15.9. The highest BCUT2D eigenvalue weighted by molar-refractivity contribution is 5.91. The number of esters is 1. The first-order chi connectivity index (χ1) is 14.9. The predicted octanol–water partition coefficient (Wildman–Crippen LogP) is 6.57. The quantitative estimate of drug-likeness (QED) is 0.348. The molecule has 2 aromatic carbocycles. The fourth-order valence-electron chi connectivity index (χ4n) is 3.43. The molecule has 1 atom stereocenters. The third-order valence-corrected chi connectivity index (χ3v) is 5.04. The van der Waals surface area contributed by atoms with E-state index < -0.39 is 29.5 Å². The number of carbonyl (C=O) groups excluding carboxylic acids is 1. The maximum Gasteiger partial charge on any atom is 0.343 e. The summed E-state index contributed by atoms with van der Waals surface area (Å²) in [7, 11) is 0. The van der Waals surface area contributed by atoms with Crippen molar-refractivity contribution in [2.24, 2.45) is 0 Å². The highest BCUT2D eigenvalue weighted by Crippen LogP contribution is 2.36. The third-order valence-electron chi connectivity index (χ3n) is 5.04. The van der Waals surface area contributed by atoms with Crippen LogP contribution >= 0.6 is 0 Å². The van der Waals surface area contributed by atoms with E-state index in [0.29, 0.717) is 6.61 Å². The van der Waals surface area contributed by atoms with Crippen LogP contribution in [0.2, 0.25) is 0 Å². The third kappa shape index (κ3) is 5.40. The van der Waals surface area contributed by atoms with E-state index >= 15 is 0 Å². The van der Waals surface area contributed by atoms with E-state index in [4.69, 9.17) is 14.2 Å². The summed E-state index contributed by atoms with van der Waals surface area (Å²) in [5.41, 5.74) is 0.278. The van der Waals surface area contributed by atoms with Crippen LogP contribution in [0.4, 0.5) is 13.2 Å². The molecule has 0 bridgehead atoms. The van der Waals surface area contributed by atoms with Gasteiger partial charge in [0.15, 0.2) is 11.6 Å². The molecule has 0 saturated heterocycles. The average molecular weight is 434 g/mol. The Hall–Kier alpha value is -2.96. The van der Waals surface area contributed by atoms with Crippen LogP contribution < -0.4 is 9.47 Å². The summed E-state index contributed by atoms with van der Waals surface area (Å²) in [5, 5.41) is 0. The van der Waals surface area contributed by atoms with Gasteiger partial charge in [0.1, 0.15) is 5.75 Å². The molecular formula is C24H25F3O4. The lowest BCUT2D eigenvalue weighted by Gasteiger charge is -2.23. The van der Waals surface area contributed by atoms with E-state index in [1.165, 1.54) is 6.07 Å². The van der Waals surface area contributed by atoms with Crippen LogP contribution in [-0.4, -0.2) is 19.2 Å². The van der Waals surface area contributed by atoms with Gasteiger partial charge in [-0.15, -0.1) is 0 Å². The van der Waals surface area contributed by atoms with Crippen molar-refractivity contribution in [3.05, 3.63) is 70.7 Å². The molecule has 1 unspecified atom stereocenters. The summed E-state index contributed by atoms with van der Waals surface area (Å²) in [6.45, 7) is 4.38. The molecule has 0 aliphatic carbocycles. The minimum absolute atomic E-state index is 0.104. The minimum Gasteiger partial charge on any atom is -0.498 e. The molecular weight excluding hydrogens is 409 g/mol. The van der Waals surface area contributed by atoms with Crippen molar-refractivity contribution in [3.63, 3.8) is 0 Å². The van der Waals surface area contributed by atoms with Gasteiger partial charge in [0.25, 0.3) is 6.43 Å². The summed E-state index contributed by atoms with van der Waals surface area (Å²) >= 11 is 0. The van der Waals surface area contributed by atoms with Gasteiger partial charge in [0.05, 0.1) is 30.1 Å². The second kappa shape index (κ2) is 10.4. The zero-order chi connectivity index (χ0) is 22.4. The largest absolute Gasteiger partial charge is 0.498 e. The second-order valence-corrected chi connectivity index (χ2v) is 7.20. The number of benzene rings is 2. The standard InChI is InChI=1S/C24H25F3O4/c1-3-5-18-11-10-17(14-30-18)15-6-8-16(9-7-15)24(28)31-20-13-12-19(29-4-2)21(22(20)25)23(26)27/h6-9,11-13,17,23H,3-5,10,14H2,1-2H3. The Labute approximate surface area is 179 Å². The van der Waals surface area contributed by atoms with Crippen LogP contribution in [-0.2, 0) is 4.74 Å². The molecule has 0 radical (unpaired) electrons. The fourth-order valence-corrected chi connectivity index (χ4v) is 3.43. The molecule has 1 heterocycles. The smallest absolute Gasteiger partial charge is 0.343 e. The molecule has 166 valence electrons. The summed E-state index contributed by atoms with van der Waals surface area (Å²) in [6, 6.07) is 9.01. The summed E-state index contributed by atoms with van der Waals surface area (Å²) in [4.78, 5) is 12.4. The van der Waals surface area contributed by atoms with E-state index in [2.05, 4.69) is 13.0 Å². The van der Waals surface area contributed by atoms with Crippen molar-refractivity contribution < 1.29 is 32.2 Å².